The average molecular weight is 361 g/mol. The number of aliphatic carboxylic acids is 1. The first kappa shape index (κ1) is 18.2. The summed E-state index contributed by atoms with van der Waals surface area (Å²) in [4.78, 5) is 27.0. The largest absolute Gasteiger partial charge is 0.480 e. The minimum Gasteiger partial charge on any atom is -0.480 e. The summed E-state index contributed by atoms with van der Waals surface area (Å²) in [5.74, 6) is -0.995. The van der Waals surface area contributed by atoms with Crippen LogP contribution in [0.2, 0.25) is 0 Å². The summed E-state index contributed by atoms with van der Waals surface area (Å²) < 4.78 is 5.44. The Morgan fingerprint density at radius 1 is 1.31 bits per heavy atom. The third kappa shape index (κ3) is 3.63. The number of likely N-dealkylation sites (tertiary alicyclic amines) is 1. The molecule has 1 aromatic carbocycles. The summed E-state index contributed by atoms with van der Waals surface area (Å²) in [5.41, 5.74) is 11.4. The number of carbonyl (C=O) groups is 2. The molecule has 0 spiro atoms. The summed E-state index contributed by atoms with van der Waals surface area (Å²) in [7, 11) is 0. The molecule has 1 unspecified atom stereocenters. The Bertz CT molecular complexity index is 712. The molecule has 1 aromatic rings. The number of benzene rings is 1. The molecule has 2 heterocycles. The van der Waals surface area contributed by atoms with Crippen molar-refractivity contribution in [2.75, 3.05) is 31.1 Å². The Hall–Kier alpha value is -2.65. The lowest BCUT2D eigenvalue weighted by Crippen LogP contribution is -2.56. The van der Waals surface area contributed by atoms with Crippen molar-refractivity contribution in [3.05, 3.63) is 29.8 Å². The molecule has 9 nitrogen and oxygen atoms in total. The zero-order valence-corrected chi connectivity index (χ0v) is 14.4. The second-order valence-corrected chi connectivity index (χ2v) is 6.84. The summed E-state index contributed by atoms with van der Waals surface area (Å²) in [6, 6.07) is 6.85. The van der Waals surface area contributed by atoms with E-state index in [1.807, 2.05) is 0 Å². The highest BCUT2D eigenvalue weighted by Crippen LogP contribution is 2.25. The molecule has 2 aliphatic rings. The predicted octanol–water partition coefficient (Wildman–Crippen LogP) is 0.174. The first-order valence-electron chi connectivity index (χ1n) is 8.46. The first-order valence-corrected chi connectivity index (χ1v) is 8.46. The van der Waals surface area contributed by atoms with Gasteiger partial charge in [-0.25, -0.2) is 4.79 Å². The van der Waals surface area contributed by atoms with E-state index in [2.05, 4.69) is 4.90 Å². The number of piperidine rings is 1. The number of nitrogens with two attached hydrogens (primary N) is 2. The van der Waals surface area contributed by atoms with Crippen LogP contribution in [0.1, 0.15) is 18.4 Å². The lowest BCUT2D eigenvalue weighted by atomic mass is 9.89. The van der Waals surface area contributed by atoms with Crippen LogP contribution in [0, 0.1) is 5.41 Å². The van der Waals surface area contributed by atoms with E-state index in [-0.39, 0.29) is 11.9 Å². The van der Waals surface area contributed by atoms with Crippen LogP contribution >= 0.6 is 0 Å². The SMILES string of the molecule is N=C(N)c1ccc(N2CC(CN3CCC(N)(C(=O)O)CC3)OC2=O)cc1. The van der Waals surface area contributed by atoms with E-state index in [1.165, 1.54) is 0 Å². The van der Waals surface area contributed by atoms with Gasteiger partial charge >= 0.3 is 12.1 Å². The normalized spacial score (nSPS) is 22.9. The number of anilines is 1. The van der Waals surface area contributed by atoms with E-state index in [4.69, 9.17) is 21.6 Å². The molecule has 2 aliphatic heterocycles. The van der Waals surface area contributed by atoms with Gasteiger partial charge in [0.05, 0.1) is 6.54 Å². The van der Waals surface area contributed by atoms with Gasteiger partial charge in [-0.1, -0.05) is 0 Å². The van der Waals surface area contributed by atoms with Gasteiger partial charge in [0, 0.05) is 30.9 Å². The summed E-state index contributed by atoms with van der Waals surface area (Å²) >= 11 is 0. The lowest BCUT2D eigenvalue weighted by Gasteiger charge is -2.36. The Kier molecular flexibility index (Phi) is 4.84. The highest BCUT2D eigenvalue weighted by molar-refractivity contribution is 5.96. The number of nitrogens with zero attached hydrogens (tertiary/aromatic N) is 2. The van der Waals surface area contributed by atoms with Crippen molar-refractivity contribution in [2.45, 2.75) is 24.5 Å². The number of amidine groups is 1. The second kappa shape index (κ2) is 6.93. The van der Waals surface area contributed by atoms with Crippen molar-refractivity contribution >= 4 is 23.6 Å². The van der Waals surface area contributed by atoms with E-state index >= 15 is 0 Å². The molecule has 0 aromatic heterocycles. The standard InChI is InChI=1S/C17H23N5O4/c18-14(19)11-1-3-12(4-2-11)22-10-13(26-16(22)25)9-21-7-5-17(20,6-8-21)15(23)24/h1-4,13H,5-10,20H2,(H3,18,19)(H,23,24). The van der Waals surface area contributed by atoms with Gasteiger partial charge < -0.3 is 21.3 Å². The molecule has 140 valence electrons. The zero-order chi connectivity index (χ0) is 18.9. The molecule has 2 saturated heterocycles. The molecule has 6 N–H and O–H groups in total. The first-order chi connectivity index (χ1) is 12.3. The van der Waals surface area contributed by atoms with Crippen LogP contribution in [-0.4, -0.2) is 65.7 Å². The summed E-state index contributed by atoms with van der Waals surface area (Å²) in [6.07, 6.45) is 0.0460. The van der Waals surface area contributed by atoms with Crippen molar-refractivity contribution in [3.8, 4) is 0 Å². The number of cyclic esters (lactones) is 1. The fraction of sp³-hybridized carbons (Fsp3) is 0.471. The molecule has 0 aliphatic carbocycles. The summed E-state index contributed by atoms with van der Waals surface area (Å²) in [5, 5.41) is 16.6. The van der Waals surface area contributed by atoms with Gasteiger partial charge in [-0.05, 0) is 37.1 Å². The van der Waals surface area contributed by atoms with Gasteiger partial charge in [-0.2, -0.15) is 0 Å². The molecule has 2 fully saturated rings. The number of rotatable bonds is 5. The van der Waals surface area contributed by atoms with Crippen molar-refractivity contribution < 1.29 is 19.4 Å². The molecular weight excluding hydrogens is 338 g/mol. The van der Waals surface area contributed by atoms with Crippen LogP contribution < -0.4 is 16.4 Å². The molecule has 3 rings (SSSR count). The monoisotopic (exact) mass is 361 g/mol. The van der Waals surface area contributed by atoms with Crippen LogP contribution in [0.5, 0.6) is 0 Å². The number of carboxylic acids is 1. The van der Waals surface area contributed by atoms with Gasteiger partial charge in [0.1, 0.15) is 17.5 Å². The number of carbonyl (C=O) groups excluding carboxylic acids is 1. The third-order valence-electron chi connectivity index (χ3n) is 5.00. The van der Waals surface area contributed by atoms with Gasteiger partial charge in [0.2, 0.25) is 0 Å². The van der Waals surface area contributed by atoms with E-state index in [1.54, 1.807) is 29.2 Å². The average Bonchev–Trinajstić information content (AvgIpc) is 2.97. The van der Waals surface area contributed by atoms with Gasteiger partial charge in [0.25, 0.3) is 0 Å². The number of nitrogen functional groups attached to an aromatic ring is 1. The second-order valence-electron chi connectivity index (χ2n) is 6.84. The number of hydrogen-bond acceptors (Lipinski definition) is 6. The van der Waals surface area contributed by atoms with Crippen LogP contribution in [0.4, 0.5) is 10.5 Å². The lowest BCUT2D eigenvalue weighted by molar-refractivity contribution is -0.145. The minimum absolute atomic E-state index is 0.0270. The summed E-state index contributed by atoms with van der Waals surface area (Å²) in [6.45, 7) is 2.08. The Labute approximate surface area is 151 Å². The Morgan fingerprint density at radius 3 is 2.46 bits per heavy atom. The predicted molar refractivity (Wildman–Crippen MR) is 95.3 cm³/mol. The minimum atomic E-state index is -1.16. The van der Waals surface area contributed by atoms with E-state index in [0.29, 0.717) is 50.3 Å². The number of carboxylic acid groups (broad SMARTS) is 1. The van der Waals surface area contributed by atoms with Gasteiger partial charge in [-0.15, -0.1) is 0 Å². The maximum atomic E-state index is 12.2. The quantitative estimate of drug-likeness (QED) is 0.432. The van der Waals surface area contributed by atoms with Crippen LogP contribution in [0.3, 0.4) is 0 Å². The molecular formula is C17H23N5O4. The van der Waals surface area contributed by atoms with E-state index < -0.39 is 17.6 Å². The van der Waals surface area contributed by atoms with Gasteiger partial charge in [-0.3, -0.25) is 20.0 Å². The molecule has 0 bridgehead atoms. The smallest absolute Gasteiger partial charge is 0.414 e. The maximum absolute atomic E-state index is 12.2. The fourth-order valence-electron chi connectivity index (χ4n) is 3.28. The molecule has 9 heteroatoms. The third-order valence-corrected chi connectivity index (χ3v) is 5.00. The number of ether oxygens (including phenoxy) is 1. The number of nitrogens with one attached hydrogen (secondary N) is 1. The van der Waals surface area contributed by atoms with E-state index in [0.717, 1.165) is 0 Å². The molecule has 0 saturated carbocycles. The molecule has 0 radical (unpaired) electrons. The van der Waals surface area contributed by atoms with Crippen molar-refractivity contribution in [1.29, 1.82) is 5.41 Å². The van der Waals surface area contributed by atoms with Crippen LogP contribution in [0.25, 0.3) is 0 Å². The highest BCUT2D eigenvalue weighted by Gasteiger charge is 2.39. The zero-order valence-electron chi connectivity index (χ0n) is 14.4. The molecule has 1 atom stereocenters. The van der Waals surface area contributed by atoms with Crippen molar-refractivity contribution in [1.82, 2.24) is 4.90 Å². The van der Waals surface area contributed by atoms with E-state index in [9.17, 15) is 14.7 Å². The number of hydrogen-bond donors (Lipinski definition) is 4. The maximum Gasteiger partial charge on any atom is 0.414 e. The Balaban J connectivity index is 1.57. The molecule has 26 heavy (non-hydrogen) atoms. The topological polar surface area (TPSA) is 146 Å². The van der Waals surface area contributed by atoms with Crippen molar-refractivity contribution in [2.24, 2.45) is 11.5 Å². The number of amides is 1. The highest BCUT2D eigenvalue weighted by atomic mass is 16.6. The van der Waals surface area contributed by atoms with Crippen LogP contribution in [0.15, 0.2) is 24.3 Å². The Morgan fingerprint density at radius 2 is 1.92 bits per heavy atom. The molecule has 1 amide bonds. The van der Waals surface area contributed by atoms with Crippen LogP contribution in [-0.2, 0) is 9.53 Å². The van der Waals surface area contributed by atoms with Crippen molar-refractivity contribution in [3.63, 3.8) is 0 Å². The fourth-order valence-corrected chi connectivity index (χ4v) is 3.28. The van der Waals surface area contributed by atoms with Gasteiger partial charge in [0.15, 0.2) is 0 Å².